The van der Waals surface area contributed by atoms with Crippen LogP contribution in [0.4, 0.5) is 0 Å². The minimum Gasteiger partial charge on any atom is -0.465 e. The molecule has 0 atom stereocenters. The summed E-state index contributed by atoms with van der Waals surface area (Å²) in [5, 5.41) is 1.28. The molecule has 1 aliphatic rings. The average molecular weight is 311 g/mol. The average Bonchev–Trinajstić information content (AvgIpc) is 3.10. The van der Waals surface area contributed by atoms with Crippen molar-refractivity contribution in [1.29, 1.82) is 0 Å². The van der Waals surface area contributed by atoms with Crippen LogP contribution in [0.15, 0.2) is 22.0 Å². The van der Waals surface area contributed by atoms with Gasteiger partial charge in [0.25, 0.3) is 0 Å². The summed E-state index contributed by atoms with van der Waals surface area (Å²) in [5.74, 6) is 0.437. The first-order valence-electron chi connectivity index (χ1n) is 5.51. The summed E-state index contributed by atoms with van der Waals surface area (Å²) in [5.41, 5.74) is 2.04. The molecule has 0 aliphatic heterocycles. The normalized spacial score (nSPS) is 15.2. The van der Waals surface area contributed by atoms with Crippen molar-refractivity contribution in [3.05, 3.63) is 33.1 Å². The third-order valence-electron chi connectivity index (χ3n) is 3.09. The SMILES string of the molecule is COC(=O)c1ccc2c(C3CC3)c(Br)sc2c1. The molecule has 1 aliphatic carbocycles. The fourth-order valence-corrected chi connectivity index (χ4v) is 4.20. The first-order valence-corrected chi connectivity index (χ1v) is 7.12. The van der Waals surface area contributed by atoms with Crippen LogP contribution in [0.1, 0.15) is 34.7 Å². The molecular formula is C13H11BrO2S. The number of fused-ring (bicyclic) bond motifs is 1. The zero-order valence-electron chi connectivity index (χ0n) is 9.33. The van der Waals surface area contributed by atoms with Crippen molar-refractivity contribution in [2.75, 3.05) is 7.11 Å². The van der Waals surface area contributed by atoms with Gasteiger partial charge in [0.2, 0.25) is 0 Å². The Kier molecular flexibility index (Phi) is 2.71. The number of thiophene rings is 1. The number of ether oxygens (including phenoxy) is 1. The van der Waals surface area contributed by atoms with E-state index in [2.05, 4.69) is 15.9 Å². The highest BCUT2D eigenvalue weighted by Gasteiger charge is 2.29. The van der Waals surface area contributed by atoms with Gasteiger partial charge >= 0.3 is 5.97 Å². The minimum atomic E-state index is -0.274. The van der Waals surface area contributed by atoms with Gasteiger partial charge in [-0.05, 0) is 57.8 Å². The van der Waals surface area contributed by atoms with Crippen LogP contribution < -0.4 is 0 Å². The third-order valence-corrected chi connectivity index (χ3v) is 4.96. The van der Waals surface area contributed by atoms with Crippen molar-refractivity contribution in [3.8, 4) is 0 Å². The smallest absolute Gasteiger partial charge is 0.337 e. The number of benzene rings is 1. The lowest BCUT2D eigenvalue weighted by Crippen LogP contribution is -2.00. The van der Waals surface area contributed by atoms with Crippen LogP contribution >= 0.6 is 27.3 Å². The zero-order chi connectivity index (χ0) is 12.0. The van der Waals surface area contributed by atoms with E-state index in [-0.39, 0.29) is 5.97 Å². The molecule has 1 saturated carbocycles. The predicted molar refractivity (Wildman–Crippen MR) is 72.8 cm³/mol. The molecule has 2 nitrogen and oxygen atoms in total. The summed E-state index contributed by atoms with van der Waals surface area (Å²) in [4.78, 5) is 11.5. The number of carbonyl (C=O) groups is 1. The van der Waals surface area contributed by atoms with Gasteiger partial charge in [-0.15, -0.1) is 11.3 Å². The molecule has 0 radical (unpaired) electrons. The Morgan fingerprint density at radius 1 is 1.47 bits per heavy atom. The maximum Gasteiger partial charge on any atom is 0.337 e. The molecule has 3 rings (SSSR count). The summed E-state index contributed by atoms with van der Waals surface area (Å²) in [7, 11) is 1.41. The van der Waals surface area contributed by atoms with E-state index in [1.807, 2.05) is 18.2 Å². The molecule has 1 aromatic carbocycles. The summed E-state index contributed by atoms with van der Waals surface area (Å²) in [6.45, 7) is 0. The maximum atomic E-state index is 11.5. The van der Waals surface area contributed by atoms with Gasteiger partial charge in [0.15, 0.2) is 0 Å². The number of carbonyl (C=O) groups excluding carboxylic acids is 1. The second kappa shape index (κ2) is 4.10. The van der Waals surface area contributed by atoms with Gasteiger partial charge in [0.1, 0.15) is 0 Å². The van der Waals surface area contributed by atoms with E-state index >= 15 is 0 Å². The Balaban J connectivity index is 2.15. The Bertz CT molecular complexity index is 599. The van der Waals surface area contributed by atoms with Crippen LogP contribution in [0.3, 0.4) is 0 Å². The van der Waals surface area contributed by atoms with Crippen LogP contribution in [0, 0.1) is 0 Å². The molecule has 2 aromatic rings. The summed E-state index contributed by atoms with van der Waals surface area (Å²) < 4.78 is 7.10. The molecule has 0 N–H and O–H groups in total. The number of hydrogen-bond acceptors (Lipinski definition) is 3. The third kappa shape index (κ3) is 1.89. The van der Waals surface area contributed by atoms with Gasteiger partial charge in [0, 0.05) is 4.70 Å². The lowest BCUT2D eigenvalue weighted by atomic mass is 10.1. The quantitative estimate of drug-likeness (QED) is 0.772. The molecule has 88 valence electrons. The van der Waals surface area contributed by atoms with Crippen molar-refractivity contribution in [1.82, 2.24) is 0 Å². The Hall–Kier alpha value is -0.870. The molecule has 1 aromatic heterocycles. The van der Waals surface area contributed by atoms with Crippen LogP contribution in [0.2, 0.25) is 0 Å². The van der Waals surface area contributed by atoms with E-state index in [0.717, 1.165) is 4.70 Å². The molecule has 0 spiro atoms. The predicted octanol–water partition coefficient (Wildman–Crippen LogP) is 4.33. The summed E-state index contributed by atoms with van der Waals surface area (Å²) in [6, 6.07) is 5.80. The lowest BCUT2D eigenvalue weighted by Gasteiger charge is -2.00. The van der Waals surface area contributed by atoms with Gasteiger partial charge in [-0.2, -0.15) is 0 Å². The highest BCUT2D eigenvalue weighted by Crippen LogP contribution is 2.49. The summed E-state index contributed by atoms with van der Waals surface area (Å²) >= 11 is 5.33. The van der Waals surface area contributed by atoms with E-state index in [1.54, 1.807) is 11.3 Å². The van der Waals surface area contributed by atoms with Crippen LogP contribution in [0.5, 0.6) is 0 Å². The van der Waals surface area contributed by atoms with Gasteiger partial charge in [0.05, 0.1) is 16.5 Å². The first kappa shape index (κ1) is 11.2. The monoisotopic (exact) mass is 310 g/mol. The molecule has 17 heavy (non-hydrogen) atoms. The van der Waals surface area contributed by atoms with Gasteiger partial charge in [-0.1, -0.05) is 6.07 Å². The maximum absolute atomic E-state index is 11.5. The molecule has 1 heterocycles. The lowest BCUT2D eigenvalue weighted by molar-refractivity contribution is 0.0601. The molecule has 0 bridgehead atoms. The second-order valence-electron chi connectivity index (χ2n) is 4.27. The standard InChI is InChI=1S/C13H11BrO2S/c1-16-13(15)8-4-5-9-10(6-8)17-12(14)11(9)7-2-3-7/h4-7H,2-3H2,1H3. The van der Waals surface area contributed by atoms with Crippen LogP contribution in [0.25, 0.3) is 10.1 Å². The second-order valence-corrected chi connectivity index (χ2v) is 6.64. The topological polar surface area (TPSA) is 26.3 Å². The van der Waals surface area contributed by atoms with E-state index < -0.39 is 0 Å². The van der Waals surface area contributed by atoms with Crippen molar-refractivity contribution >= 4 is 43.3 Å². The highest BCUT2D eigenvalue weighted by molar-refractivity contribution is 9.11. The highest BCUT2D eigenvalue weighted by atomic mass is 79.9. The van der Waals surface area contributed by atoms with Crippen molar-refractivity contribution in [2.45, 2.75) is 18.8 Å². The fraction of sp³-hybridized carbons (Fsp3) is 0.308. The first-order chi connectivity index (χ1) is 8.20. The number of methoxy groups -OCH3 is 1. The summed E-state index contributed by atoms with van der Waals surface area (Å²) in [6.07, 6.45) is 2.56. The number of halogens is 1. The molecule has 0 saturated heterocycles. The molecule has 0 amide bonds. The van der Waals surface area contributed by atoms with E-state index in [0.29, 0.717) is 11.5 Å². The minimum absolute atomic E-state index is 0.274. The van der Waals surface area contributed by atoms with Crippen molar-refractivity contribution < 1.29 is 9.53 Å². The van der Waals surface area contributed by atoms with Crippen molar-refractivity contribution in [2.24, 2.45) is 0 Å². The van der Waals surface area contributed by atoms with E-state index in [4.69, 9.17) is 4.74 Å². The number of rotatable bonds is 2. The largest absolute Gasteiger partial charge is 0.465 e. The van der Waals surface area contributed by atoms with Gasteiger partial charge in [-0.3, -0.25) is 0 Å². The van der Waals surface area contributed by atoms with E-state index in [9.17, 15) is 4.79 Å². The van der Waals surface area contributed by atoms with Crippen LogP contribution in [-0.2, 0) is 4.74 Å². The van der Waals surface area contributed by atoms with Crippen molar-refractivity contribution in [3.63, 3.8) is 0 Å². The van der Waals surface area contributed by atoms with Gasteiger partial charge in [-0.25, -0.2) is 4.79 Å². The number of hydrogen-bond donors (Lipinski definition) is 0. The Labute approximate surface area is 112 Å². The number of esters is 1. The zero-order valence-corrected chi connectivity index (χ0v) is 11.7. The Morgan fingerprint density at radius 3 is 2.88 bits per heavy atom. The molecule has 0 unspecified atom stereocenters. The fourth-order valence-electron chi connectivity index (χ4n) is 2.08. The molecule has 1 fully saturated rings. The van der Waals surface area contributed by atoms with Gasteiger partial charge < -0.3 is 4.74 Å². The molecule has 4 heteroatoms. The molecular weight excluding hydrogens is 300 g/mol. The Morgan fingerprint density at radius 2 is 2.24 bits per heavy atom. The van der Waals surface area contributed by atoms with E-state index in [1.165, 1.54) is 34.7 Å². The van der Waals surface area contributed by atoms with Crippen LogP contribution in [-0.4, -0.2) is 13.1 Å².